The SMILES string of the molecule is OCC1(CNc2cc(Cl)ncc2C#Cc2cnn(C(F)(F)F)c2)COC1. The number of halogens is 4. The smallest absolute Gasteiger partial charge is 0.396 e. The van der Waals surface area contributed by atoms with Crippen molar-refractivity contribution in [3.8, 4) is 11.8 Å². The lowest BCUT2D eigenvalue weighted by molar-refractivity contribution is -0.212. The Morgan fingerprint density at radius 2 is 2.12 bits per heavy atom. The Bertz CT molecular complexity index is 848. The first-order valence-electron chi connectivity index (χ1n) is 7.53. The molecule has 0 atom stereocenters. The molecule has 0 spiro atoms. The van der Waals surface area contributed by atoms with E-state index in [1.165, 1.54) is 6.20 Å². The van der Waals surface area contributed by atoms with Crippen LogP contribution in [0.2, 0.25) is 5.15 Å². The molecule has 6 nitrogen and oxygen atoms in total. The number of nitrogens with zero attached hydrogens (tertiary/aromatic N) is 3. The van der Waals surface area contributed by atoms with E-state index in [0.29, 0.717) is 31.0 Å². The fourth-order valence-corrected chi connectivity index (χ4v) is 2.42. The van der Waals surface area contributed by atoms with E-state index in [0.717, 1.165) is 12.4 Å². The van der Waals surface area contributed by atoms with E-state index >= 15 is 0 Å². The first kappa shape index (κ1) is 18.5. The van der Waals surface area contributed by atoms with Gasteiger partial charge in [-0.1, -0.05) is 23.4 Å². The lowest BCUT2D eigenvalue weighted by Crippen LogP contribution is -2.50. The second-order valence-electron chi connectivity index (χ2n) is 5.95. The highest BCUT2D eigenvalue weighted by molar-refractivity contribution is 6.29. The average molecular weight is 387 g/mol. The first-order chi connectivity index (χ1) is 12.3. The molecule has 26 heavy (non-hydrogen) atoms. The van der Waals surface area contributed by atoms with Crippen LogP contribution in [0.3, 0.4) is 0 Å². The van der Waals surface area contributed by atoms with E-state index < -0.39 is 6.30 Å². The lowest BCUT2D eigenvalue weighted by Gasteiger charge is -2.40. The molecule has 0 aromatic carbocycles. The van der Waals surface area contributed by atoms with Crippen LogP contribution in [0.4, 0.5) is 18.9 Å². The fourth-order valence-electron chi connectivity index (χ4n) is 2.26. The van der Waals surface area contributed by atoms with Crippen molar-refractivity contribution in [1.82, 2.24) is 14.8 Å². The Hall–Kier alpha value is -2.28. The number of aliphatic hydroxyl groups excluding tert-OH is 1. The molecule has 1 saturated heterocycles. The maximum Gasteiger partial charge on any atom is 0.504 e. The number of pyridine rings is 1. The Morgan fingerprint density at radius 1 is 1.35 bits per heavy atom. The molecule has 2 N–H and O–H groups in total. The molecule has 0 unspecified atom stereocenters. The first-order valence-corrected chi connectivity index (χ1v) is 7.91. The number of ether oxygens (including phenoxy) is 1. The topological polar surface area (TPSA) is 72.2 Å². The molecule has 3 rings (SSSR count). The standard InChI is InChI=1S/C16H14ClF3N4O2/c17-14-3-13(22-7-15(8-25)9-26-10-15)12(5-21-14)2-1-11-4-23-24(6-11)16(18,19)20/h3-6,25H,7-10H2,(H,21,22). The second-order valence-corrected chi connectivity index (χ2v) is 6.34. The van der Waals surface area contributed by atoms with Gasteiger partial charge in [-0.2, -0.15) is 9.78 Å². The van der Waals surface area contributed by atoms with Crippen molar-refractivity contribution in [3.05, 3.63) is 40.9 Å². The normalized spacial score (nSPS) is 15.7. The summed E-state index contributed by atoms with van der Waals surface area (Å²) in [5.41, 5.74) is 0.777. The van der Waals surface area contributed by atoms with Gasteiger partial charge in [-0.3, -0.25) is 0 Å². The summed E-state index contributed by atoms with van der Waals surface area (Å²) < 4.78 is 42.7. The van der Waals surface area contributed by atoms with Crippen molar-refractivity contribution in [2.24, 2.45) is 5.41 Å². The van der Waals surface area contributed by atoms with Gasteiger partial charge in [-0.05, 0) is 6.07 Å². The molecule has 0 radical (unpaired) electrons. The van der Waals surface area contributed by atoms with Gasteiger partial charge in [0.2, 0.25) is 0 Å². The van der Waals surface area contributed by atoms with Crippen LogP contribution in [0.25, 0.3) is 0 Å². The van der Waals surface area contributed by atoms with Gasteiger partial charge in [0.05, 0.1) is 48.2 Å². The highest BCUT2D eigenvalue weighted by atomic mass is 35.5. The highest BCUT2D eigenvalue weighted by Crippen LogP contribution is 2.28. The van der Waals surface area contributed by atoms with Gasteiger partial charge in [0.1, 0.15) is 5.15 Å². The number of rotatable bonds is 4. The molecule has 1 fully saturated rings. The van der Waals surface area contributed by atoms with Crippen LogP contribution < -0.4 is 5.32 Å². The number of hydrogen-bond donors (Lipinski definition) is 2. The van der Waals surface area contributed by atoms with Crippen molar-refractivity contribution < 1.29 is 23.0 Å². The van der Waals surface area contributed by atoms with Gasteiger partial charge >= 0.3 is 6.30 Å². The number of nitrogens with one attached hydrogen (secondary N) is 1. The third kappa shape index (κ3) is 4.09. The van der Waals surface area contributed by atoms with Crippen LogP contribution in [-0.4, -0.2) is 46.2 Å². The summed E-state index contributed by atoms with van der Waals surface area (Å²) in [7, 11) is 0. The van der Waals surface area contributed by atoms with Crippen molar-refractivity contribution >= 4 is 17.3 Å². The molecule has 1 aliphatic rings. The van der Waals surface area contributed by atoms with Crippen LogP contribution in [0.15, 0.2) is 24.7 Å². The van der Waals surface area contributed by atoms with Crippen LogP contribution >= 0.6 is 11.6 Å². The lowest BCUT2D eigenvalue weighted by atomic mass is 9.87. The molecule has 0 aliphatic carbocycles. The molecule has 2 aromatic rings. The Kier molecular flexibility index (Phi) is 5.09. The van der Waals surface area contributed by atoms with Crippen molar-refractivity contribution in [2.75, 3.05) is 31.7 Å². The largest absolute Gasteiger partial charge is 0.504 e. The average Bonchev–Trinajstić information content (AvgIpc) is 3.03. The minimum Gasteiger partial charge on any atom is -0.396 e. The highest BCUT2D eigenvalue weighted by Gasteiger charge is 2.38. The van der Waals surface area contributed by atoms with Crippen LogP contribution in [0.5, 0.6) is 0 Å². The molecule has 0 saturated carbocycles. The predicted octanol–water partition coefficient (Wildman–Crippen LogP) is 2.23. The Labute approximate surface area is 151 Å². The summed E-state index contributed by atoms with van der Waals surface area (Å²) in [5, 5.41) is 16.1. The van der Waals surface area contributed by atoms with E-state index in [1.54, 1.807) is 6.07 Å². The van der Waals surface area contributed by atoms with Gasteiger partial charge in [0, 0.05) is 18.9 Å². The molecule has 2 aromatic heterocycles. The maximum absolute atomic E-state index is 12.5. The zero-order chi connectivity index (χ0) is 18.8. The number of anilines is 1. The Balaban J connectivity index is 1.79. The summed E-state index contributed by atoms with van der Waals surface area (Å²) in [6.45, 7) is 1.28. The van der Waals surface area contributed by atoms with Gasteiger partial charge in [-0.15, -0.1) is 13.2 Å². The minimum absolute atomic E-state index is 0.0313. The van der Waals surface area contributed by atoms with Crippen molar-refractivity contribution in [3.63, 3.8) is 0 Å². The van der Waals surface area contributed by atoms with E-state index in [1.807, 2.05) is 0 Å². The number of hydrogen-bond acceptors (Lipinski definition) is 5. The summed E-state index contributed by atoms with van der Waals surface area (Å²) in [6, 6.07) is 1.56. The van der Waals surface area contributed by atoms with Gasteiger partial charge in [0.25, 0.3) is 0 Å². The number of aliphatic hydroxyl groups is 1. The molecular formula is C16H14ClF3N4O2. The zero-order valence-electron chi connectivity index (χ0n) is 13.3. The molecule has 138 valence electrons. The van der Waals surface area contributed by atoms with Crippen molar-refractivity contribution in [1.29, 1.82) is 0 Å². The van der Waals surface area contributed by atoms with Crippen LogP contribution in [0, 0.1) is 17.3 Å². The number of aromatic nitrogens is 3. The molecule has 3 heterocycles. The maximum atomic E-state index is 12.5. The second kappa shape index (κ2) is 7.15. The summed E-state index contributed by atoms with van der Waals surface area (Å²) >= 11 is 5.91. The zero-order valence-corrected chi connectivity index (χ0v) is 14.1. The fraction of sp³-hybridized carbons (Fsp3) is 0.375. The van der Waals surface area contributed by atoms with Crippen LogP contribution in [0.1, 0.15) is 11.1 Å². The third-order valence-corrected chi connectivity index (χ3v) is 4.07. The van der Waals surface area contributed by atoms with E-state index in [-0.39, 0.29) is 27.4 Å². The quantitative estimate of drug-likeness (QED) is 0.623. The predicted molar refractivity (Wildman–Crippen MR) is 87.6 cm³/mol. The summed E-state index contributed by atoms with van der Waals surface area (Å²) in [4.78, 5) is 3.94. The van der Waals surface area contributed by atoms with Crippen LogP contribution in [-0.2, 0) is 11.0 Å². The molecule has 1 aliphatic heterocycles. The molecule has 0 bridgehead atoms. The van der Waals surface area contributed by atoms with E-state index in [4.69, 9.17) is 16.3 Å². The minimum atomic E-state index is -4.59. The Morgan fingerprint density at radius 3 is 2.69 bits per heavy atom. The molecular weight excluding hydrogens is 373 g/mol. The van der Waals surface area contributed by atoms with Gasteiger partial charge in [0.15, 0.2) is 0 Å². The van der Waals surface area contributed by atoms with Crippen molar-refractivity contribution in [2.45, 2.75) is 6.30 Å². The molecule has 10 heteroatoms. The summed E-state index contributed by atoms with van der Waals surface area (Å²) in [6.07, 6.45) is -1.33. The van der Waals surface area contributed by atoms with Gasteiger partial charge in [-0.25, -0.2) is 4.98 Å². The van der Waals surface area contributed by atoms with Gasteiger partial charge < -0.3 is 15.2 Å². The van der Waals surface area contributed by atoms with E-state index in [9.17, 15) is 18.3 Å². The number of alkyl halides is 3. The third-order valence-electron chi connectivity index (χ3n) is 3.86. The monoisotopic (exact) mass is 386 g/mol. The van der Waals surface area contributed by atoms with E-state index in [2.05, 4.69) is 27.2 Å². The summed E-state index contributed by atoms with van der Waals surface area (Å²) in [5.74, 6) is 5.39. The molecule has 0 amide bonds.